The zero-order valence-corrected chi connectivity index (χ0v) is 11.1. The number of ether oxygens (including phenoxy) is 1. The molecule has 0 radical (unpaired) electrons. The van der Waals surface area contributed by atoms with Gasteiger partial charge >= 0.3 is 6.18 Å². The average molecular weight is 278 g/mol. The van der Waals surface area contributed by atoms with Gasteiger partial charge in [0, 0.05) is 11.1 Å². The lowest BCUT2D eigenvalue weighted by Crippen LogP contribution is -2.25. The number of rotatable bonds is 0. The average Bonchev–Trinajstić information content (AvgIpc) is 2.34. The monoisotopic (exact) mass is 278 g/mol. The second kappa shape index (κ2) is 4.27. The van der Waals surface area contributed by atoms with Crippen molar-refractivity contribution >= 4 is 0 Å². The van der Waals surface area contributed by atoms with Gasteiger partial charge in [-0.3, -0.25) is 0 Å². The highest BCUT2D eigenvalue weighted by Gasteiger charge is 2.46. The lowest BCUT2D eigenvalue weighted by molar-refractivity contribution is -0.142. The number of halogens is 3. The van der Waals surface area contributed by atoms with E-state index in [0.29, 0.717) is 11.5 Å². The van der Waals surface area contributed by atoms with Gasteiger partial charge in [-0.15, -0.1) is 0 Å². The lowest BCUT2D eigenvalue weighted by Gasteiger charge is -2.30. The zero-order chi connectivity index (χ0) is 14.5. The number of alkyl halides is 3. The Bertz CT molecular complexity index is 622. The van der Waals surface area contributed by atoms with Gasteiger partial charge in [-0.25, -0.2) is 0 Å². The minimum absolute atomic E-state index is 0.180. The fourth-order valence-corrected chi connectivity index (χ4v) is 2.58. The Morgan fingerprint density at radius 2 is 1.30 bits per heavy atom. The van der Waals surface area contributed by atoms with E-state index < -0.39 is 12.1 Å². The molecule has 4 heteroatoms. The Labute approximate surface area is 115 Å². The maximum Gasteiger partial charge on any atom is 0.399 e. The van der Waals surface area contributed by atoms with Crippen molar-refractivity contribution < 1.29 is 17.9 Å². The number of benzene rings is 2. The van der Waals surface area contributed by atoms with Gasteiger partial charge in [-0.1, -0.05) is 24.3 Å². The lowest BCUT2D eigenvalue weighted by atomic mass is 9.86. The minimum Gasteiger partial charge on any atom is -0.457 e. The first-order valence-corrected chi connectivity index (χ1v) is 6.32. The SMILES string of the molecule is Cc1ccc2c(c1)Oc1cc(C)ccc1C2C(F)(F)F. The van der Waals surface area contributed by atoms with E-state index in [1.54, 1.807) is 24.3 Å². The summed E-state index contributed by atoms with van der Waals surface area (Å²) in [6.45, 7) is 3.66. The normalized spacial score (nSPS) is 14.4. The highest BCUT2D eigenvalue weighted by molar-refractivity contribution is 5.56. The summed E-state index contributed by atoms with van der Waals surface area (Å²) in [5, 5.41) is 0. The van der Waals surface area contributed by atoms with E-state index in [0.717, 1.165) is 11.1 Å². The van der Waals surface area contributed by atoms with E-state index in [1.165, 1.54) is 12.1 Å². The molecule has 20 heavy (non-hydrogen) atoms. The summed E-state index contributed by atoms with van der Waals surface area (Å²) in [5.41, 5.74) is 2.11. The third kappa shape index (κ3) is 2.05. The molecule has 0 spiro atoms. The molecule has 1 aliphatic rings. The summed E-state index contributed by atoms with van der Waals surface area (Å²) < 4.78 is 46.0. The quantitative estimate of drug-likeness (QED) is 0.651. The predicted molar refractivity (Wildman–Crippen MR) is 70.3 cm³/mol. The zero-order valence-electron chi connectivity index (χ0n) is 11.1. The van der Waals surface area contributed by atoms with Crippen LogP contribution >= 0.6 is 0 Å². The molecule has 1 nitrogen and oxygen atoms in total. The maximum absolute atomic E-state index is 13.4. The van der Waals surface area contributed by atoms with E-state index in [9.17, 15) is 13.2 Å². The molecule has 0 atom stereocenters. The molecule has 1 aliphatic heterocycles. The molecule has 0 aromatic heterocycles. The van der Waals surface area contributed by atoms with Crippen LogP contribution in [0.25, 0.3) is 0 Å². The molecule has 0 amide bonds. The van der Waals surface area contributed by atoms with Crippen molar-refractivity contribution in [3.63, 3.8) is 0 Å². The van der Waals surface area contributed by atoms with Gasteiger partial charge in [0.1, 0.15) is 17.4 Å². The molecular formula is C16H13F3O. The van der Waals surface area contributed by atoms with Crippen molar-refractivity contribution in [2.75, 3.05) is 0 Å². The summed E-state index contributed by atoms with van der Waals surface area (Å²) in [6.07, 6.45) is -4.34. The van der Waals surface area contributed by atoms with E-state index in [1.807, 2.05) is 13.8 Å². The highest BCUT2D eigenvalue weighted by Crippen LogP contribution is 2.51. The van der Waals surface area contributed by atoms with Crippen molar-refractivity contribution in [1.29, 1.82) is 0 Å². The molecule has 0 fully saturated rings. The molecular weight excluding hydrogens is 265 g/mol. The summed E-state index contributed by atoms with van der Waals surface area (Å²) >= 11 is 0. The van der Waals surface area contributed by atoms with Crippen LogP contribution in [0.1, 0.15) is 28.2 Å². The van der Waals surface area contributed by atoms with Crippen LogP contribution < -0.4 is 4.74 Å². The highest BCUT2D eigenvalue weighted by atomic mass is 19.4. The van der Waals surface area contributed by atoms with Crippen LogP contribution in [-0.4, -0.2) is 6.18 Å². The number of hydrogen-bond acceptors (Lipinski definition) is 1. The summed E-state index contributed by atoms with van der Waals surface area (Å²) in [4.78, 5) is 0. The topological polar surface area (TPSA) is 9.23 Å². The van der Waals surface area contributed by atoms with Crippen molar-refractivity contribution in [3.8, 4) is 11.5 Å². The first kappa shape index (κ1) is 13.0. The van der Waals surface area contributed by atoms with Crippen LogP contribution in [0.15, 0.2) is 36.4 Å². The van der Waals surface area contributed by atoms with Crippen molar-refractivity contribution in [2.45, 2.75) is 25.9 Å². The fourth-order valence-electron chi connectivity index (χ4n) is 2.58. The Morgan fingerprint density at radius 1 is 0.850 bits per heavy atom. The number of hydrogen-bond donors (Lipinski definition) is 0. The molecule has 0 bridgehead atoms. The first-order chi connectivity index (χ1) is 9.36. The van der Waals surface area contributed by atoms with Crippen molar-refractivity contribution in [2.24, 2.45) is 0 Å². The third-order valence-corrected chi connectivity index (χ3v) is 3.51. The van der Waals surface area contributed by atoms with Gasteiger partial charge in [0.15, 0.2) is 0 Å². The minimum atomic E-state index is -4.34. The van der Waals surface area contributed by atoms with Gasteiger partial charge in [0.2, 0.25) is 0 Å². The molecule has 1 heterocycles. The molecule has 2 aromatic rings. The van der Waals surface area contributed by atoms with Crippen LogP contribution in [-0.2, 0) is 0 Å². The Morgan fingerprint density at radius 3 is 1.70 bits per heavy atom. The van der Waals surface area contributed by atoms with Crippen LogP contribution in [0.5, 0.6) is 11.5 Å². The van der Waals surface area contributed by atoms with Gasteiger partial charge in [0.25, 0.3) is 0 Å². The van der Waals surface area contributed by atoms with Crippen LogP contribution in [0, 0.1) is 13.8 Å². The van der Waals surface area contributed by atoms with E-state index in [4.69, 9.17) is 4.74 Å². The van der Waals surface area contributed by atoms with Crippen LogP contribution in [0.3, 0.4) is 0 Å². The van der Waals surface area contributed by atoms with E-state index >= 15 is 0 Å². The molecule has 0 saturated heterocycles. The second-order valence-electron chi connectivity index (χ2n) is 5.16. The predicted octanol–water partition coefficient (Wildman–Crippen LogP) is 5.10. The van der Waals surface area contributed by atoms with Gasteiger partial charge < -0.3 is 4.74 Å². The Balaban J connectivity index is 2.24. The van der Waals surface area contributed by atoms with Gasteiger partial charge in [-0.2, -0.15) is 13.2 Å². The number of aryl methyl sites for hydroxylation is 2. The van der Waals surface area contributed by atoms with E-state index in [-0.39, 0.29) is 11.1 Å². The van der Waals surface area contributed by atoms with Crippen LogP contribution in [0.4, 0.5) is 13.2 Å². The second-order valence-corrected chi connectivity index (χ2v) is 5.16. The third-order valence-electron chi connectivity index (χ3n) is 3.51. The molecule has 0 unspecified atom stereocenters. The van der Waals surface area contributed by atoms with Gasteiger partial charge in [-0.05, 0) is 37.1 Å². The maximum atomic E-state index is 13.4. The molecule has 0 aliphatic carbocycles. The molecule has 104 valence electrons. The Hall–Kier alpha value is -1.97. The van der Waals surface area contributed by atoms with Crippen molar-refractivity contribution in [1.82, 2.24) is 0 Å². The molecule has 0 N–H and O–H groups in total. The molecule has 0 saturated carbocycles. The first-order valence-electron chi connectivity index (χ1n) is 6.32. The van der Waals surface area contributed by atoms with E-state index in [2.05, 4.69) is 0 Å². The fraction of sp³-hybridized carbons (Fsp3) is 0.250. The smallest absolute Gasteiger partial charge is 0.399 e. The standard InChI is InChI=1S/C16H13F3O/c1-9-3-5-11-13(7-9)20-14-8-10(2)4-6-12(14)15(11)16(17,18)19/h3-8,15H,1-2H3. The number of fused-ring (bicyclic) bond motifs is 2. The molecule has 2 aromatic carbocycles. The summed E-state index contributed by atoms with van der Waals surface area (Å²) in [5.74, 6) is -1.03. The van der Waals surface area contributed by atoms with Gasteiger partial charge in [0.05, 0.1) is 0 Å². The van der Waals surface area contributed by atoms with Crippen molar-refractivity contribution in [3.05, 3.63) is 58.7 Å². The Kier molecular flexibility index (Phi) is 2.78. The molecule has 3 rings (SSSR count). The largest absolute Gasteiger partial charge is 0.457 e. The summed E-state index contributed by atoms with van der Waals surface area (Å²) in [6, 6.07) is 9.68. The van der Waals surface area contributed by atoms with Crippen LogP contribution in [0.2, 0.25) is 0 Å². The summed E-state index contributed by atoms with van der Waals surface area (Å²) in [7, 11) is 0.